The summed E-state index contributed by atoms with van der Waals surface area (Å²) in [4.78, 5) is 0.237. The minimum atomic E-state index is -3.60. The summed E-state index contributed by atoms with van der Waals surface area (Å²) in [6, 6.07) is 14.0. The largest absolute Gasteiger partial charge is 0.383 e. The van der Waals surface area contributed by atoms with Crippen LogP contribution in [0.25, 0.3) is 0 Å². The average molecular weight is 335 g/mol. The Labute approximate surface area is 135 Å². The second-order valence-corrected chi connectivity index (χ2v) is 7.92. The molecule has 0 aromatic heterocycles. The SMILES string of the molecule is COC[C@@]1(N)[C@@H](c2ccc(F)cc2)[C@@H]1S(=O)(=O)c1ccccc1. The van der Waals surface area contributed by atoms with Crippen LogP contribution in [0, 0.1) is 5.82 Å². The first-order valence-corrected chi connectivity index (χ1v) is 8.78. The van der Waals surface area contributed by atoms with Crippen LogP contribution in [0.3, 0.4) is 0 Å². The number of hydrogen-bond donors (Lipinski definition) is 1. The van der Waals surface area contributed by atoms with Crippen molar-refractivity contribution in [2.45, 2.75) is 21.6 Å². The van der Waals surface area contributed by atoms with Gasteiger partial charge in [-0.25, -0.2) is 12.8 Å². The molecule has 1 saturated carbocycles. The quantitative estimate of drug-likeness (QED) is 0.908. The Balaban J connectivity index is 2.01. The molecule has 122 valence electrons. The highest BCUT2D eigenvalue weighted by molar-refractivity contribution is 7.92. The number of nitrogens with two attached hydrogens (primary N) is 1. The Kier molecular flexibility index (Phi) is 4.00. The summed E-state index contributed by atoms with van der Waals surface area (Å²) in [5.41, 5.74) is 6.03. The summed E-state index contributed by atoms with van der Waals surface area (Å²) in [5, 5.41) is -0.789. The molecule has 0 radical (unpaired) electrons. The highest BCUT2D eigenvalue weighted by Gasteiger charge is 2.69. The number of rotatable bonds is 5. The van der Waals surface area contributed by atoms with E-state index in [1.807, 2.05) is 0 Å². The molecule has 1 aliphatic rings. The molecule has 0 spiro atoms. The van der Waals surface area contributed by atoms with Gasteiger partial charge in [-0.3, -0.25) is 0 Å². The zero-order chi connectivity index (χ0) is 16.7. The Morgan fingerprint density at radius 2 is 1.74 bits per heavy atom. The monoisotopic (exact) mass is 335 g/mol. The molecule has 6 heteroatoms. The van der Waals surface area contributed by atoms with Crippen LogP contribution in [0.4, 0.5) is 4.39 Å². The fourth-order valence-electron chi connectivity index (χ4n) is 3.22. The van der Waals surface area contributed by atoms with E-state index in [-0.39, 0.29) is 17.3 Å². The molecule has 0 amide bonds. The fraction of sp³-hybridized carbons (Fsp3) is 0.294. The van der Waals surface area contributed by atoms with Gasteiger partial charge in [-0.1, -0.05) is 30.3 Å². The minimum Gasteiger partial charge on any atom is -0.383 e. The van der Waals surface area contributed by atoms with Crippen molar-refractivity contribution in [2.24, 2.45) is 5.73 Å². The van der Waals surface area contributed by atoms with E-state index >= 15 is 0 Å². The van der Waals surface area contributed by atoms with Crippen LogP contribution in [-0.2, 0) is 14.6 Å². The first-order chi connectivity index (χ1) is 10.9. The van der Waals surface area contributed by atoms with E-state index in [0.717, 1.165) is 0 Å². The number of methoxy groups -OCH3 is 1. The second kappa shape index (κ2) is 5.70. The van der Waals surface area contributed by atoms with Gasteiger partial charge in [0.15, 0.2) is 9.84 Å². The molecular formula is C17H18FNO3S. The van der Waals surface area contributed by atoms with Gasteiger partial charge in [0.2, 0.25) is 0 Å². The van der Waals surface area contributed by atoms with E-state index in [1.165, 1.54) is 19.2 Å². The zero-order valence-corrected chi connectivity index (χ0v) is 13.5. The molecule has 2 N–H and O–H groups in total. The first kappa shape index (κ1) is 16.1. The second-order valence-electron chi connectivity index (χ2n) is 5.85. The van der Waals surface area contributed by atoms with Crippen LogP contribution in [0.2, 0.25) is 0 Å². The molecule has 4 nitrogen and oxygen atoms in total. The van der Waals surface area contributed by atoms with Crippen molar-refractivity contribution in [3.05, 3.63) is 66.0 Å². The molecular weight excluding hydrogens is 317 g/mol. The fourth-order valence-corrected chi connectivity index (χ4v) is 5.54. The molecule has 2 aromatic carbocycles. The van der Waals surface area contributed by atoms with Crippen molar-refractivity contribution in [3.63, 3.8) is 0 Å². The van der Waals surface area contributed by atoms with Crippen molar-refractivity contribution in [1.29, 1.82) is 0 Å². The van der Waals surface area contributed by atoms with Gasteiger partial charge in [-0.15, -0.1) is 0 Å². The Morgan fingerprint density at radius 1 is 1.13 bits per heavy atom. The maximum absolute atomic E-state index is 13.1. The summed E-state index contributed by atoms with van der Waals surface area (Å²) in [7, 11) is -2.11. The third-order valence-electron chi connectivity index (χ3n) is 4.33. The normalized spacial score (nSPS) is 26.9. The van der Waals surface area contributed by atoms with E-state index in [1.54, 1.807) is 42.5 Å². The summed E-state index contributed by atoms with van der Waals surface area (Å²) >= 11 is 0. The van der Waals surface area contributed by atoms with Crippen molar-refractivity contribution < 1.29 is 17.5 Å². The smallest absolute Gasteiger partial charge is 0.183 e. The van der Waals surface area contributed by atoms with Gasteiger partial charge < -0.3 is 10.5 Å². The van der Waals surface area contributed by atoms with Crippen molar-refractivity contribution in [2.75, 3.05) is 13.7 Å². The maximum Gasteiger partial charge on any atom is 0.183 e. The van der Waals surface area contributed by atoms with Gasteiger partial charge >= 0.3 is 0 Å². The lowest BCUT2D eigenvalue weighted by Crippen LogP contribution is -2.35. The molecule has 0 saturated heterocycles. The predicted molar refractivity (Wildman–Crippen MR) is 85.4 cm³/mol. The maximum atomic E-state index is 13.1. The summed E-state index contributed by atoms with van der Waals surface area (Å²) < 4.78 is 44.1. The van der Waals surface area contributed by atoms with Gasteiger partial charge in [0.1, 0.15) is 5.82 Å². The van der Waals surface area contributed by atoms with Crippen LogP contribution < -0.4 is 5.73 Å². The number of sulfone groups is 1. The van der Waals surface area contributed by atoms with E-state index in [2.05, 4.69) is 0 Å². The zero-order valence-electron chi connectivity index (χ0n) is 12.6. The van der Waals surface area contributed by atoms with Crippen molar-refractivity contribution in [1.82, 2.24) is 0 Å². The summed E-state index contributed by atoms with van der Waals surface area (Å²) in [6.45, 7) is 0.117. The lowest BCUT2D eigenvalue weighted by Gasteiger charge is -2.11. The number of ether oxygens (including phenoxy) is 1. The van der Waals surface area contributed by atoms with E-state index < -0.39 is 26.5 Å². The van der Waals surface area contributed by atoms with Crippen molar-refractivity contribution >= 4 is 9.84 Å². The molecule has 23 heavy (non-hydrogen) atoms. The summed E-state index contributed by atoms with van der Waals surface area (Å²) in [6.07, 6.45) is 0. The van der Waals surface area contributed by atoms with Crippen LogP contribution in [0.1, 0.15) is 11.5 Å². The molecule has 1 aliphatic carbocycles. The molecule has 0 unspecified atom stereocenters. The lowest BCUT2D eigenvalue weighted by atomic mass is 10.1. The van der Waals surface area contributed by atoms with Crippen LogP contribution in [0.5, 0.6) is 0 Å². The Bertz CT molecular complexity index is 792. The number of hydrogen-bond acceptors (Lipinski definition) is 4. The van der Waals surface area contributed by atoms with Gasteiger partial charge in [-0.05, 0) is 29.8 Å². The van der Waals surface area contributed by atoms with E-state index in [4.69, 9.17) is 10.5 Å². The molecule has 0 heterocycles. The van der Waals surface area contributed by atoms with Crippen LogP contribution >= 0.6 is 0 Å². The molecule has 1 fully saturated rings. The highest BCUT2D eigenvalue weighted by atomic mass is 32.2. The third-order valence-corrected chi connectivity index (χ3v) is 6.64. The van der Waals surface area contributed by atoms with Gasteiger partial charge in [0.25, 0.3) is 0 Å². The average Bonchev–Trinajstić information content (AvgIpc) is 3.15. The van der Waals surface area contributed by atoms with E-state index in [0.29, 0.717) is 5.56 Å². The molecule has 3 rings (SSSR count). The number of benzene rings is 2. The van der Waals surface area contributed by atoms with Gasteiger partial charge in [0, 0.05) is 13.0 Å². The first-order valence-electron chi connectivity index (χ1n) is 7.23. The Morgan fingerprint density at radius 3 is 2.30 bits per heavy atom. The van der Waals surface area contributed by atoms with Gasteiger partial charge in [-0.2, -0.15) is 0 Å². The van der Waals surface area contributed by atoms with E-state index in [9.17, 15) is 12.8 Å². The van der Waals surface area contributed by atoms with Crippen LogP contribution in [-0.4, -0.2) is 32.9 Å². The lowest BCUT2D eigenvalue weighted by molar-refractivity contribution is 0.171. The highest BCUT2D eigenvalue weighted by Crippen LogP contribution is 2.55. The number of halogens is 1. The predicted octanol–water partition coefficient (Wildman–Crippen LogP) is 2.11. The third kappa shape index (κ3) is 2.67. The Hall–Kier alpha value is -1.76. The summed E-state index contributed by atoms with van der Waals surface area (Å²) in [5.74, 6) is -0.792. The minimum absolute atomic E-state index is 0.117. The molecule has 0 bridgehead atoms. The van der Waals surface area contributed by atoms with Crippen LogP contribution in [0.15, 0.2) is 59.5 Å². The molecule has 2 aromatic rings. The molecule has 0 aliphatic heterocycles. The van der Waals surface area contributed by atoms with Crippen molar-refractivity contribution in [3.8, 4) is 0 Å². The topological polar surface area (TPSA) is 69.4 Å². The molecule has 3 atom stereocenters. The standard InChI is InChI=1S/C17H18FNO3S/c1-22-11-17(19)15(12-7-9-13(18)10-8-12)16(17)23(20,21)14-5-3-2-4-6-14/h2-10,15-16H,11,19H2,1H3/t15-,16-,17+/m0/s1. The van der Waals surface area contributed by atoms with Gasteiger partial charge in [0.05, 0.1) is 22.3 Å².